The molecule has 80 valence electrons. The number of anilines is 1. The van der Waals surface area contributed by atoms with Crippen LogP contribution in [-0.2, 0) is 7.05 Å². The largest absolute Gasteiger partial charge is 0.368 e. The SMILES string of the molecule is Cn1nnc2ncnc(NCCCN)c21. The maximum atomic E-state index is 5.41. The summed E-state index contributed by atoms with van der Waals surface area (Å²) in [6, 6.07) is 0. The first-order valence-corrected chi connectivity index (χ1v) is 4.77. The predicted octanol–water partition coefficient (Wildman–Crippen LogP) is -0.481. The van der Waals surface area contributed by atoms with E-state index in [4.69, 9.17) is 5.73 Å². The zero-order valence-corrected chi connectivity index (χ0v) is 8.51. The maximum absolute atomic E-state index is 5.41. The van der Waals surface area contributed by atoms with Crippen molar-refractivity contribution in [2.24, 2.45) is 12.8 Å². The Kier molecular flexibility index (Phi) is 2.72. The maximum Gasteiger partial charge on any atom is 0.207 e. The number of rotatable bonds is 4. The van der Waals surface area contributed by atoms with Gasteiger partial charge in [-0.3, -0.25) is 0 Å². The molecule has 7 heteroatoms. The van der Waals surface area contributed by atoms with Crippen molar-refractivity contribution < 1.29 is 0 Å². The first-order chi connectivity index (χ1) is 7.33. The Bertz CT molecular complexity index is 449. The van der Waals surface area contributed by atoms with E-state index in [2.05, 4.69) is 25.6 Å². The minimum Gasteiger partial charge on any atom is -0.368 e. The van der Waals surface area contributed by atoms with Crippen molar-refractivity contribution in [2.45, 2.75) is 6.42 Å². The molecule has 2 aromatic heterocycles. The van der Waals surface area contributed by atoms with Gasteiger partial charge in [0, 0.05) is 13.6 Å². The first kappa shape index (κ1) is 9.78. The van der Waals surface area contributed by atoms with Crippen LogP contribution in [-0.4, -0.2) is 38.1 Å². The molecule has 0 saturated carbocycles. The van der Waals surface area contributed by atoms with Crippen LogP contribution in [0.25, 0.3) is 11.2 Å². The van der Waals surface area contributed by atoms with Crippen molar-refractivity contribution in [3.63, 3.8) is 0 Å². The standard InChI is InChI=1S/C8H13N7/c1-15-6-7(10-4-2-3-9)11-5-12-8(6)13-14-15/h5H,2-4,9H2,1H3,(H,10,11,12). The van der Waals surface area contributed by atoms with Gasteiger partial charge >= 0.3 is 0 Å². The molecular weight excluding hydrogens is 194 g/mol. The van der Waals surface area contributed by atoms with Gasteiger partial charge in [0.05, 0.1) is 0 Å². The van der Waals surface area contributed by atoms with Crippen LogP contribution >= 0.6 is 0 Å². The van der Waals surface area contributed by atoms with Crippen molar-refractivity contribution in [1.82, 2.24) is 25.0 Å². The quantitative estimate of drug-likeness (QED) is 0.657. The lowest BCUT2D eigenvalue weighted by Gasteiger charge is -2.05. The Hall–Kier alpha value is -1.76. The number of nitrogens with zero attached hydrogens (tertiary/aromatic N) is 5. The molecule has 0 aliphatic carbocycles. The minimum absolute atomic E-state index is 0.600. The fourth-order valence-corrected chi connectivity index (χ4v) is 1.33. The zero-order chi connectivity index (χ0) is 10.7. The fraction of sp³-hybridized carbons (Fsp3) is 0.500. The Morgan fingerprint density at radius 3 is 3.13 bits per heavy atom. The number of nitrogens with two attached hydrogens (primary N) is 1. The van der Waals surface area contributed by atoms with Crippen LogP contribution in [0.1, 0.15) is 6.42 Å². The third-order valence-electron chi connectivity index (χ3n) is 2.07. The highest BCUT2D eigenvalue weighted by Gasteiger charge is 2.08. The molecule has 0 aliphatic rings. The lowest BCUT2D eigenvalue weighted by Crippen LogP contribution is -2.10. The van der Waals surface area contributed by atoms with Crippen molar-refractivity contribution in [3.05, 3.63) is 6.33 Å². The topological polar surface area (TPSA) is 94.5 Å². The van der Waals surface area contributed by atoms with Gasteiger partial charge in [-0.15, -0.1) is 5.10 Å². The smallest absolute Gasteiger partial charge is 0.207 e. The molecule has 0 saturated heterocycles. The lowest BCUT2D eigenvalue weighted by molar-refractivity contribution is 0.735. The number of nitrogens with one attached hydrogen (secondary N) is 1. The molecule has 0 amide bonds. The second kappa shape index (κ2) is 4.18. The highest BCUT2D eigenvalue weighted by Crippen LogP contribution is 2.15. The number of fused-ring (bicyclic) bond motifs is 1. The van der Waals surface area contributed by atoms with Gasteiger partial charge < -0.3 is 11.1 Å². The molecule has 0 spiro atoms. The monoisotopic (exact) mass is 207 g/mol. The van der Waals surface area contributed by atoms with E-state index in [0.29, 0.717) is 12.2 Å². The Morgan fingerprint density at radius 1 is 1.47 bits per heavy atom. The average Bonchev–Trinajstić information content (AvgIpc) is 2.62. The third-order valence-corrected chi connectivity index (χ3v) is 2.07. The molecule has 15 heavy (non-hydrogen) atoms. The van der Waals surface area contributed by atoms with E-state index in [1.54, 1.807) is 4.68 Å². The molecule has 0 bridgehead atoms. The van der Waals surface area contributed by atoms with Gasteiger partial charge in [-0.05, 0) is 13.0 Å². The third kappa shape index (κ3) is 1.86. The van der Waals surface area contributed by atoms with Gasteiger partial charge in [0.15, 0.2) is 5.82 Å². The molecule has 7 nitrogen and oxygen atoms in total. The summed E-state index contributed by atoms with van der Waals surface area (Å²) in [6.07, 6.45) is 2.37. The van der Waals surface area contributed by atoms with Gasteiger partial charge in [-0.2, -0.15) is 0 Å². The van der Waals surface area contributed by atoms with Crippen LogP contribution in [0.5, 0.6) is 0 Å². The van der Waals surface area contributed by atoms with E-state index in [9.17, 15) is 0 Å². The van der Waals surface area contributed by atoms with Gasteiger partial charge in [0.25, 0.3) is 0 Å². The van der Waals surface area contributed by atoms with Crippen molar-refractivity contribution in [3.8, 4) is 0 Å². The molecule has 0 atom stereocenters. The van der Waals surface area contributed by atoms with E-state index in [1.165, 1.54) is 6.33 Å². The zero-order valence-electron chi connectivity index (χ0n) is 8.51. The highest BCUT2D eigenvalue weighted by molar-refractivity contribution is 5.81. The summed E-state index contributed by atoms with van der Waals surface area (Å²) in [4.78, 5) is 8.17. The van der Waals surface area contributed by atoms with Crippen LogP contribution in [0.15, 0.2) is 6.33 Å². The highest BCUT2D eigenvalue weighted by atomic mass is 15.4. The molecular formula is C8H13N7. The first-order valence-electron chi connectivity index (χ1n) is 4.77. The van der Waals surface area contributed by atoms with Gasteiger partial charge in [-0.25, -0.2) is 14.6 Å². The Morgan fingerprint density at radius 2 is 2.33 bits per heavy atom. The molecule has 0 aliphatic heterocycles. The summed E-state index contributed by atoms with van der Waals surface area (Å²) in [5, 5.41) is 11.0. The molecule has 2 heterocycles. The van der Waals surface area contributed by atoms with Crippen LogP contribution in [0.2, 0.25) is 0 Å². The van der Waals surface area contributed by atoms with E-state index in [-0.39, 0.29) is 0 Å². The molecule has 0 radical (unpaired) electrons. The number of hydrogen-bond donors (Lipinski definition) is 2. The summed E-state index contributed by atoms with van der Waals surface area (Å²) in [7, 11) is 1.81. The molecule has 0 unspecified atom stereocenters. The summed E-state index contributed by atoms with van der Waals surface area (Å²) in [6.45, 7) is 1.44. The molecule has 2 rings (SSSR count). The number of hydrogen-bond acceptors (Lipinski definition) is 6. The average molecular weight is 207 g/mol. The van der Waals surface area contributed by atoms with Crippen molar-refractivity contribution >= 4 is 17.0 Å². The van der Waals surface area contributed by atoms with E-state index < -0.39 is 0 Å². The number of aryl methyl sites for hydroxylation is 1. The predicted molar refractivity (Wildman–Crippen MR) is 56.3 cm³/mol. The van der Waals surface area contributed by atoms with Crippen LogP contribution < -0.4 is 11.1 Å². The Balaban J connectivity index is 2.29. The van der Waals surface area contributed by atoms with Gasteiger partial charge in [0.1, 0.15) is 11.8 Å². The lowest BCUT2D eigenvalue weighted by atomic mass is 10.4. The van der Waals surface area contributed by atoms with Crippen molar-refractivity contribution in [2.75, 3.05) is 18.4 Å². The van der Waals surface area contributed by atoms with Gasteiger partial charge in [0.2, 0.25) is 5.65 Å². The molecule has 3 N–H and O–H groups in total. The van der Waals surface area contributed by atoms with E-state index in [1.807, 2.05) is 7.05 Å². The molecule has 2 aromatic rings. The Labute approximate surface area is 86.7 Å². The normalized spacial score (nSPS) is 10.8. The molecule has 0 aromatic carbocycles. The summed E-state index contributed by atoms with van der Waals surface area (Å²) < 4.78 is 1.65. The second-order valence-corrected chi connectivity index (χ2v) is 3.18. The summed E-state index contributed by atoms with van der Waals surface area (Å²) in [5.41, 5.74) is 6.83. The van der Waals surface area contributed by atoms with E-state index in [0.717, 1.165) is 24.3 Å². The molecule has 0 fully saturated rings. The summed E-state index contributed by atoms with van der Waals surface area (Å²) in [5.74, 6) is 0.751. The summed E-state index contributed by atoms with van der Waals surface area (Å²) >= 11 is 0. The second-order valence-electron chi connectivity index (χ2n) is 3.18. The van der Waals surface area contributed by atoms with Crippen molar-refractivity contribution in [1.29, 1.82) is 0 Å². The van der Waals surface area contributed by atoms with Crippen LogP contribution in [0.3, 0.4) is 0 Å². The van der Waals surface area contributed by atoms with Gasteiger partial charge in [-0.1, -0.05) is 5.21 Å². The fourth-order valence-electron chi connectivity index (χ4n) is 1.33. The minimum atomic E-state index is 0.600. The van der Waals surface area contributed by atoms with Crippen LogP contribution in [0.4, 0.5) is 5.82 Å². The van der Waals surface area contributed by atoms with Crippen LogP contribution in [0, 0.1) is 0 Å². The van der Waals surface area contributed by atoms with E-state index >= 15 is 0 Å². The number of aromatic nitrogens is 5.